The van der Waals surface area contributed by atoms with Gasteiger partial charge < -0.3 is 15.0 Å². The molecule has 0 aliphatic carbocycles. The molecule has 1 atom stereocenters. The third-order valence-corrected chi connectivity index (χ3v) is 8.50. The van der Waals surface area contributed by atoms with Gasteiger partial charge in [-0.05, 0) is 81.8 Å². The summed E-state index contributed by atoms with van der Waals surface area (Å²) in [5, 5.41) is 3.53. The minimum Gasteiger partial charge on any atom is -0.497 e. The van der Waals surface area contributed by atoms with Crippen molar-refractivity contribution in [3.05, 3.63) is 88.4 Å². The van der Waals surface area contributed by atoms with Gasteiger partial charge in [0, 0.05) is 12.1 Å². The van der Waals surface area contributed by atoms with Crippen LogP contribution in [0.4, 0.5) is 5.69 Å². The van der Waals surface area contributed by atoms with E-state index in [4.69, 9.17) is 27.9 Å². The molecule has 0 saturated heterocycles. The molecule has 3 aromatic rings. The molecule has 1 N–H and O–H groups in total. The van der Waals surface area contributed by atoms with Crippen molar-refractivity contribution in [3.63, 3.8) is 0 Å². The maximum Gasteiger partial charge on any atom is 0.264 e. The van der Waals surface area contributed by atoms with Gasteiger partial charge in [0.2, 0.25) is 11.8 Å². The minimum absolute atomic E-state index is 0.00368. The summed E-state index contributed by atoms with van der Waals surface area (Å²) in [6.45, 7) is 6.54. The van der Waals surface area contributed by atoms with E-state index in [0.717, 1.165) is 4.31 Å². The van der Waals surface area contributed by atoms with Crippen LogP contribution in [0.15, 0.2) is 77.7 Å². The predicted octanol–water partition coefficient (Wildman–Crippen LogP) is 5.53. The number of anilines is 1. The van der Waals surface area contributed by atoms with Crippen LogP contribution in [0.1, 0.15) is 33.3 Å². The van der Waals surface area contributed by atoms with Crippen molar-refractivity contribution in [1.82, 2.24) is 10.2 Å². The molecule has 11 heteroatoms. The predicted molar refractivity (Wildman–Crippen MR) is 158 cm³/mol. The van der Waals surface area contributed by atoms with E-state index in [2.05, 4.69) is 5.32 Å². The lowest BCUT2D eigenvalue weighted by Crippen LogP contribution is -2.54. The number of hydrogen-bond acceptors (Lipinski definition) is 5. The number of nitrogens with zero attached hydrogens (tertiary/aromatic N) is 2. The molecule has 2 amide bonds. The van der Waals surface area contributed by atoms with E-state index < -0.39 is 34.1 Å². The zero-order chi connectivity index (χ0) is 29.7. The molecule has 0 aromatic heterocycles. The number of carbonyl (C=O) groups is 2. The summed E-state index contributed by atoms with van der Waals surface area (Å²) >= 11 is 12.3. The summed E-state index contributed by atoms with van der Waals surface area (Å²) in [4.78, 5) is 28.5. The molecule has 0 bridgehead atoms. The fourth-order valence-electron chi connectivity index (χ4n) is 3.89. The standard InChI is InChI=1S/C29H33Cl2N3O5S/c1-20(28(36)32-29(2,3)4)33(18-21-11-16-25(30)26(31)17-21)27(35)19-34(22-12-14-23(39-5)15-13-22)40(37,38)24-9-7-6-8-10-24/h6-17,20H,18-19H2,1-5H3,(H,32,36)/t20-/m1/s1. The maximum absolute atomic E-state index is 14.0. The lowest BCUT2D eigenvalue weighted by atomic mass is 10.1. The Morgan fingerprint density at radius 1 is 0.950 bits per heavy atom. The number of sulfonamides is 1. The molecular weight excluding hydrogens is 573 g/mol. The molecule has 214 valence electrons. The number of ether oxygens (including phenoxy) is 1. The highest BCUT2D eigenvalue weighted by Crippen LogP contribution is 2.27. The lowest BCUT2D eigenvalue weighted by molar-refractivity contribution is -0.140. The maximum atomic E-state index is 14.0. The summed E-state index contributed by atoms with van der Waals surface area (Å²) in [6.07, 6.45) is 0. The molecule has 3 aromatic carbocycles. The van der Waals surface area contributed by atoms with Gasteiger partial charge in [0.05, 0.1) is 27.7 Å². The summed E-state index contributed by atoms with van der Waals surface area (Å²) in [6, 6.07) is 18.2. The molecule has 0 saturated carbocycles. The van der Waals surface area contributed by atoms with Gasteiger partial charge in [-0.25, -0.2) is 8.42 Å². The first-order chi connectivity index (χ1) is 18.7. The SMILES string of the molecule is COc1ccc(N(CC(=O)N(Cc2ccc(Cl)c(Cl)c2)[C@H](C)C(=O)NC(C)(C)C)S(=O)(=O)c2ccccc2)cc1. The van der Waals surface area contributed by atoms with E-state index in [0.29, 0.717) is 21.4 Å². The van der Waals surface area contributed by atoms with Gasteiger partial charge in [0.15, 0.2) is 0 Å². The van der Waals surface area contributed by atoms with E-state index in [1.54, 1.807) is 67.6 Å². The van der Waals surface area contributed by atoms with Crippen LogP contribution >= 0.6 is 23.2 Å². The average molecular weight is 607 g/mol. The fraction of sp³-hybridized carbons (Fsp3) is 0.310. The summed E-state index contributed by atoms with van der Waals surface area (Å²) in [5.74, 6) is -0.443. The first kappa shape index (κ1) is 31.3. The van der Waals surface area contributed by atoms with Crippen LogP contribution in [-0.4, -0.2) is 50.4 Å². The Morgan fingerprint density at radius 3 is 2.12 bits per heavy atom. The van der Waals surface area contributed by atoms with Gasteiger partial charge in [-0.1, -0.05) is 47.5 Å². The van der Waals surface area contributed by atoms with Crippen molar-refractivity contribution in [2.75, 3.05) is 18.0 Å². The molecule has 3 rings (SSSR count). The Hall–Kier alpha value is -3.27. The van der Waals surface area contributed by atoms with Gasteiger partial charge in [0.1, 0.15) is 18.3 Å². The number of rotatable bonds is 10. The quantitative estimate of drug-likeness (QED) is 0.328. The Labute approximate surface area is 245 Å². The van der Waals surface area contributed by atoms with Crippen LogP contribution in [0.25, 0.3) is 0 Å². The van der Waals surface area contributed by atoms with E-state index in [1.807, 2.05) is 20.8 Å². The van der Waals surface area contributed by atoms with Gasteiger partial charge in [0.25, 0.3) is 10.0 Å². The number of hydrogen-bond donors (Lipinski definition) is 1. The molecule has 0 aliphatic heterocycles. The minimum atomic E-state index is -4.16. The number of halogens is 2. The number of nitrogens with one attached hydrogen (secondary N) is 1. The lowest BCUT2D eigenvalue weighted by Gasteiger charge is -2.33. The van der Waals surface area contributed by atoms with Gasteiger partial charge >= 0.3 is 0 Å². The van der Waals surface area contributed by atoms with Gasteiger partial charge in [-0.3, -0.25) is 13.9 Å². The first-order valence-corrected chi connectivity index (χ1v) is 14.7. The topological polar surface area (TPSA) is 96.0 Å². The highest BCUT2D eigenvalue weighted by atomic mass is 35.5. The number of methoxy groups -OCH3 is 1. The normalized spacial score (nSPS) is 12.4. The molecule has 0 unspecified atom stereocenters. The van der Waals surface area contributed by atoms with Crippen molar-refractivity contribution < 1.29 is 22.7 Å². The van der Waals surface area contributed by atoms with Gasteiger partial charge in [-0.2, -0.15) is 0 Å². The van der Waals surface area contributed by atoms with E-state index in [9.17, 15) is 18.0 Å². The van der Waals surface area contributed by atoms with Crippen LogP contribution < -0.4 is 14.4 Å². The smallest absolute Gasteiger partial charge is 0.264 e. The molecule has 0 fully saturated rings. The van der Waals surface area contributed by atoms with Crippen LogP contribution in [0, 0.1) is 0 Å². The molecule has 0 aliphatic rings. The second-order valence-corrected chi connectivity index (χ2v) is 12.9. The van der Waals surface area contributed by atoms with Crippen molar-refractivity contribution >= 4 is 50.7 Å². The monoisotopic (exact) mass is 605 g/mol. The number of carbonyl (C=O) groups excluding carboxylic acids is 2. The molecule has 0 radical (unpaired) electrons. The fourth-order valence-corrected chi connectivity index (χ4v) is 5.64. The zero-order valence-corrected chi connectivity index (χ0v) is 25.3. The Morgan fingerprint density at radius 2 is 1.57 bits per heavy atom. The Bertz CT molecular complexity index is 1440. The van der Waals surface area contributed by atoms with Crippen LogP contribution in [0.5, 0.6) is 5.75 Å². The first-order valence-electron chi connectivity index (χ1n) is 12.5. The highest BCUT2D eigenvalue weighted by Gasteiger charge is 2.33. The van der Waals surface area contributed by atoms with E-state index >= 15 is 0 Å². The van der Waals surface area contributed by atoms with Crippen LogP contribution in [0.2, 0.25) is 10.0 Å². The van der Waals surface area contributed by atoms with E-state index in [-0.39, 0.29) is 23.0 Å². The summed E-state index contributed by atoms with van der Waals surface area (Å²) < 4.78 is 33.8. The van der Waals surface area contributed by atoms with Crippen molar-refractivity contribution in [1.29, 1.82) is 0 Å². The molecule has 8 nitrogen and oxygen atoms in total. The van der Waals surface area contributed by atoms with E-state index in [1.165, 1.54) is 24.1 Å². The number of benzene rings is 3. The molecular formula is C29H33Cl2N3O5S. The van der Waals surface area contributed by atoms with Crippen LogP contribution in [0.3, 0.4) is 0 Å². The van der Waals surface area contributed by atoms with Gasteiger partial charge in [-0.15, -0.1) is 0 Å². The van der Waals surface area contributed by atoms with Crippen molar-refractivity contribution in [3.8, 4) is 5.75 Å². The third-order valence-electron chi connectivity index (χ3n) is 5.97. The molecule has 0 spiro atoms. The van der Waals surface area contributed by atoms with Crippen LogP contribution in [-0.2, 0) is 26.2 Å². The molecule has 40 heavy (non-hydrogen) atoms. The highest BCUT2D eigenvalue weighted by molar-refractivity contribution is 7.92. The Balaban J connectivity index is 2.04. The van der Waals surface area contributed by atoms with Crippen molar-refractivity contribution in [2.24, 2.45) is 0 Å². The second-order valence-electron chi connectivity index (χ2n) is 10.2. The number of amides is 2. The average Bonchev–Trinajstić information content (AvgIpc) is 2.91. The molecule has 0 heterocycles. The summed E-state index contributed by atoms with van der Waals surface area (Å²) in [5.41, 5.74) is 0.342. The largest absolute Gasteiger partial charge is 0.497 e. The zero-order valence-electron chi connectivity index (χ0n) is 23.0. The third kappa shape index (κ3) is 7.90. The summed E-state index contributed by atoms with van der Waals surface area (Å²) in [7, 11) is -2.65. The Kier molecular flexibility index (Phi) is 10.1. The second kappa shape index (κ2) is 12.9. The van der Waals surface area contributed by atoms with Crippen molar-refractivity contribution in [2.45, 2.75) is 50.7 Å².